The molecule has 5 nitrogen and oxygen atoms in total. The number of carbonyl (C=O) groups is 1. The second-order valence-electron chi connectivity index (χ2n) is 4.39. The Morgan fingerprint density at radius 1 is 1.36 bits per heavy atom. The van der Waals surface area contributed by atoms with Gasteiger partial charge in [-0.3, -0.25) is 9.78 Å². The molecular formula is C15H12N4OS2. The summed E-state index contributed by atoms with van der Waals surface area (Å²) in [4.78, 5) is 22.2. The maximum Gasteiger partial charge on any atom is 0.283 e. The van der Waals surface area contributed by atoms with Crippen LogP contribution in [-0.4, -0.2) is 22.1 Å². The van der Waals surface area contributed by atoms with Crippen LogP contribution in [0.1, 0.15) is 20.2 Å². The van der Waals surface area contributed by atoms with Crippen molar-refractivity contribution in [1.82, 2.24) is 15.4 Å². The minimum Gasteiger partial charge on any atom is -0.266 e. The first-order valence-corrected chi connectivity index (χ1v) is 8.18. The van der Waals surface area contributed by atoms with Crippen molar-refractivity contribution in [3.05, 3.63) is 57.5 Å². The van der Waals surface area contributed by atoms with Gasteiger partial charge in [-0.05, 0) is 30.5 Å². The number of aromatic nitrogens is 2. The number of aryl methyl sites for hydroxylation is 1. The number of pyridine rings is 1. The van der Waals surface area contributed by atoms with Crippen molar-refractivity contribution in [1.29, 1.82) is 0 Å². The summed E-state index contributed by atoms with van der Waals surface area (Å²) in [5.74, 6) is -0.252. The minimum atomic E-state index is -0.252. The summed E-state index contributed by atoms with van der Waals surface area (Å²) in [5, 5.41) is 6.70. The average Bonchev–Trinajstić information content (AvgIpc) is 3.17. The molecule has 0 saturated heterocycles. The molecule has 22 heavy (non-hydrogen) atoms. The quantitative estimate of drug-likeness (QED) is 0.590. The van der Waals surface area contributed by atoms with E-state index in [9.17, 15) is 4.79 Å². The van der Waals surface area contributed by atoms with Crippen LogP contribution in [0.4, 0.5) is 0 Å². The van der Waals surface area contributed by atoms with Crippen LogP contribution in [0.25, 0.3) is 10.6 Å². The van der Waals surface area contributed by atoms with E-state index in [0.717, 1.165) is 15.4 Å². The smallest absolute Gasteiger partial charge is 0.266 e. The van der Waals surface area contributed by atoms with Crippen molar-refractivity contribution in [2.45, 2.75) is 6.92 Å². The maximum absolute atomic E-state index is 12.2. The Morgan fingerprint density at radius 3 is 3.00 bits per heavy atom. The van der Waals surface area contributed by atoms with Gasteiger partial charge in [-0.25, -0.2) is 10.4 Å². The van der Waals surface area contributed by atoms with Crippen LogP contribution >= 0.6 is 22.7 Å². The Balaban J connectivity index is 1.74. The van der Waals surface area contributed by atoms with Gasteiger partial charge in [0, 0.05) is 22.8 Å². The fraction of sp³-hybridized carbons (Fsp3) is 0.0667. The van der Waals surface area contributed by atoms with E-state index in [1.165, 1.54) is 11.3 Å². The van der Waals surface area contributed by atoms with E-state index in [0.29, 0.717) is 10.6 Å². The lowest BCUT2D eigenvalue weighted by atomic mass is 10.3. The van der Waals surface area contributed by atoms with Gasteiger partial charge in [0.1, 0.15) is 9.88 Å². The number of thiazole rings is 1. The van der Waals surface area contributed by atoms with E-state index in [1.54, 1.807) is 29.9 Å². The Bertz CT molecular complexity index is 794. The fourth-order valence-electron chi connectivity index (χ4n) is 1.79. The predicted octanol–water partition coefficient (Wildman–Crippen LogP) is 3.34. The summed E-state index contributed by atoms with van der Waals surface area (Å²) in [6.07, 6.45) is 5.06. The van der Waals surface area contributed by atoms with Crippen molar-refractivity contribution in [2.24, 2.45) is 5.10 Å². The summed E-state index contributed by atoms with van der Waals surface area (Å²) in [6, 6.07) is 7.62. The molecule has 0 aromatic carbocycles. The van der Waals surface area contributed by atoms with Gasteiger partial charge in [-0.1, -0.05) is 6.07 Å². The van der Waals surface area contributed by atoms with Crippen LogP contribution in [0.3, 0.4) is 0 Å². The Hall–Kier alpha value is -2.38. The molecular weight excluding hydrogens is 316 g/mol. The first-order valence-electron chi connectivity index (χ1n) is 6.49. The second-order valence-corrected chi connectivity index (χ2v) is 6.37. The SMILES string of the molecule is Cc1nc(-c2cccnc2)sc1C(=O)N/N=C/c1cccs1. The molecule has 0 aliphatic carbocycles. The van der Waals surface area contributed by atoms with Crippen molar-refractivity contribution in [3.63, 3.8) is 0 Å². The lowest BCUT2D eigenvalue weighted by molar-refractivity contribution is 0.0958. The van der Waals surface area contributed by atoms with Crippen LogP contribution in [0, 0.1) is 6.92 Å². The summed E-state index contributed by atoms with van der Waals surface area (Å²) in [7, 11) is 0. The standard InChI is InChI=1S/C15H12N4OS2/c1-10-13(14(20)19-17-9-12-5-3-7-21-12)22-15(18-10)11-4-2-6-16-8-11/h2-9H,1H3,(H,19,20)/b17-9+. The van der Waals surface area contributed by atoms with Crippen LogP contribution in [0.2, 0.25) is 0 Å². The number of hydrogen-bond donors (Lipinski definition) is 1. The molecule has 0 spiro atoms. The lowest BCUT2D eigenvalue weighted by Crippen LogP contribution is -2.17. The minimum absolute atomic E-state index is 0.252. The molecule has 3 aromatic heterocycles. The van der Waals surface area contributed by atoms with Gasteiger partial charge in [0.05, 0.1) is 11.9 Å². The van der Waals surface area contributed by atoms with Crippen LogP contribution in [-0.2, 0) is 0 Å². The largest absolute Gasteiger partial charge is 0.283 e. The van der Waals surface area contributed by atoms with Gasteiger partial charge in [-0.15, -0.1) is 22.7 Å². The summed E-state index contributed by atoms with van der Waals surface area (Å²) >= 11 is 2.89. The summed E-state index contributed by atoms with van der Waals surface area (Å²) in [6.45, 7) is 1.81. The molecule has 3 rings (SSSR count). The van der Waals surface area contributed by atoms with Crippen LogP contribution in [0.5, 0.6) is 0 Å². The first-order chi connectivity index (χ1) is 10.7. The van der Waals surface area contributed by atoms with Crippen molar-refractivity contribution >= 4 is 34.8 Å². The van der Waals surface area contributed by atoms with E-state index in [1.807, 2.05) is 36.6 Å². The molecule has 0 atom stereocenters. The van der Waals surface area contributed by atoms with E-state index < -0.39 is 0 Å². The maximum atomic E-state index is 12.2. The molecule has 0 radical (unpaired) electrons. The third kappa shape index (κ3) is 3.26. The third-order valence-corrected chi connectivity index (χ3v) is 4.82. The number of nitrogens with one attached hydrogen (secondary N) is 1. The highest BCUT2D eigenvalue weighted by Crippen LogP contribution is 2.27. The second kappa shape index (κ2) is 6.59. The molecule has 1 N–H and O–H groups in total. The van der Waals surface area contributed by atoms with Gasteiger partial charge in [0.15, 0.2) is 0 Å². The highest BCUT2D eigenvalue weighted by atomic mass is 32.1. The zero-order valence-corrected chi connectivity index (χ0v) is 13.3. The molecule has 110 valence electrons. The van der Waals surface area contributed by atoms with Crippen molar-refractivity contribution in [2.75, 3.05) is 0 Å². The number of rotatable bonds is 4. The summed E-state index contributed by atoms with van der Waals surface area (Å²) < 4.78 is 0. The number of amides is 1. The number of thiophene rings is 1. The van der Waals surface area contributed by atoms with Gasteiger partial charge in [-0.2, -0.15) is 5.10 Å². The van der Waals surface area contributed by atoms with Gasteiger partial charge in [0.25, 0.3) is 5.91 Å². The van der Waals surface area contributed by atoms with Gasteiger partial charge < -0.3 is 0 Å². The average molecular weight is 328 g/mol. The van der Waals surface area contributed by atoms with Crippen LogP contribution < -0.4 is 5.43 Å². The first kappa shape index (κ1) is 14.6. The molecule has 0 unspecified atom stereocenters. The number of carbonyl (C=O) groups excluding carboxylic acids is 1. The number of hydrogen-bond acceptors (Lipinski definition) is 6. The van der Waals surface area contributed by atoms with E-state index in [2.05, 4.69) is 20.5 Å². The van der Waals surface area contributed by atoms with E-state index in [4.69, 9.17) is 0 Å². The van der Waals surface area contributed by atoms with Gasteiger partial charge >= 0.3 is 0 Å². The van der Waals surface area contributed by atoms with E-state index in [-0.39, 0.29) is 5.91 Å². The molecule has 3 heterocycles. The third-order valence-electron chi connectivity index (χ3n) is 2.81. The lowest BCUT2D eigenvalue weighted by Gasteiger charge is -1.96. The fourth-order valence-corrected chi connectivity index (χ4v) is 3.32. The molecule has 0 aliphatic heterocycles. The van der Waals surface area contributed by atoms with Crippen molar-refractivity contribution < 1.29 is 4.79 Å². The monoisotopic (exact) mass is 328 g/mol. The molecule has 7 heteroatoms. The van der Waals surface area contributed by atoms with Crippen LogP contribution in [0.15, 0.2) is 47.1 Å². The number of nitrogens with zero attached hydrogens (tertiary/aromatic N) is 3. The topological polar surface area (TPSA) is 67.2 Å². The van der Waals surface area contributed by atoms with E-state index >= 15 is 0 Å². The molecule has 0 fully saturated rings. The Morgan fingerprint density at radius 2 is 2.27 bits per heavy atom. The molecule has 1 amide bonds. The molecule has 3 aromatic rings. The Kier molecular flexibility index (Phi) is 4.36. The zero-order valence-electron chi connectivity index (χ0n) is 11.7. The zero-order chi connectivity index (χ0) is 15.4. The highest BCUT2D eigenvalue weighted by molar-refractivity contribution is 7.17. The summed E-state index contributed by atoms with van der Waals surface area (Å²) in [5.41, 5.74) is 4.12. The molecule has 0 bridgehead atoms. The predicted molar refractivity (Wildman–Crippen MR) is 89.5 cm³/mol. The Labute approximate surface area is 135 Å². The van der Waals surface area contributed by atoms with Gasteiger partial charge in [0.2, 0.25) is 0 Å². The molecule has 0 aliphatic rings. The van der Waals surface area contributed by atoms with Crippen molar-refractivity contribution in [3.8, 4) is 10.6 Å². The number of hydrazone groups is 1. The molecule has 0 saturated carbocycles. The highest BCUT2D eigenvalue weighted by Gasteiger charge is 2.15. The normalized spacial score (nSPS) is 11.0.